The van der Waals surface area contributed by atoms with Gasteiger partial charge >= 0.3 is 5.97 Å². The van der Waals surface area contributed by atoms with Crippen LogP contribution in [-0.2, 0) is 38.5 Å². The van der Waals surface area contributed by atoms with Gasteiger partial charge in [-0.25, -0.2) is 0 Å². The number of amides is 2. The molecule has 2 heterocycles. The quantitative estimate of drug-likeness (QED) is 0.466. The van der Waals surface area contributed by atoms with Gasteiger partial charge in [0.1, 0.15) is 6.61 Å². The van der Waals surface area contributed by atoms with Gasteiger partial charge in [0.25, 0.3) is 0 Å². The first-order chi connectivity index (χ1) is 18.3. The van der Waals surface area contributed by atoms with Crippen molar-refractivity contribution in [1.82, 2.24) is 10.2 Å². The standard InChI is InChI=1S/C31H38N2O5/c1-31(2)21-38-30(37)25(16-22-10-4-3-5-11-22)14-8-7-13-24(29(36)32-31)18-28(35)33-19-26-15-9-6-12-23(26)17-27(33)20-34/h3-12,15,24-25,27,34H,13-14,16-21H2,1-2H3,(H,32,36)/t24-,25-,27+/m1/s1. The number of hydrogen-bond donors (Lipinski definition) is 2. The lowest BCUT2D eigenvalue weighted by molar-refractivity contribution is -0.151. The number of hydrogen-bond acceptors (Lipinski definition) is 5. The SMILES string of the molecule is CC1(C)COC(=O)[C@@H](Cc2ccccc2)CC=CC[C@H](CC(=O)N2Cc3ccccc3C[C@H]2CO)C(=O)N1. The molecule has 0 aliphatic carbocycles. The van der Waals surface area contributed by atoms with Crippen LogP contribution in [0.25, 0.3) is 0 Å². The minimum Gasteiger partial charge on any atom is -0.463 e. The largest absolute Gasteiger partial charge is 0.463 e. The summed E-state index contributed by atoms with van der Waals surface area (Å²) in [6.45, 7) is 3.97. The van der Waals surface area contributed by atoms with Gasteiger partial charge in [-0.05, 0) is 56.2 Å². The van der Waals surface area contributed by atoms with Crippen LogP contribution < -0.4 is 5.32 Å². The Morgan fingerprint density at radius 3 is 2.37 bits per heavy atom. The lowest BCUT2D eigenvalue weighted by Gasteiger charge is -2.37. The molecule has 2 aromatic rings. The number of fused-ring (bicyclic) bond motifs is 1. The number of nitrogens with zero attached hydrogens (tertiary/aromatic N) is 1. The summed E-state index contributed by atoms with van der Waals surface area (Å²) in [5.41, 5.74) is 2.49. The van der Waals surface area contributed by atoms with Crippen LogP contribution in [0.2, 0.25) is 0 Å². The van der Waals surface area contributed by atoms with Gasteiger partial charge in [-0.3, -0.25) is 14.4 Å². The Hall–Kier alpha value is -3.45. The number of benzene rings is 2. The summed E-state index contributed by atoms with van der Waals surface area (Å²) in [4.78, 5) is 41.4. The highest BCUT2D eigenvalue weighted by Gasteiger charge is 2.34. The average Bonchev–Trinajstić information content (AvgIpc) is 2.91. The fourth-order valence-corrected chi connectivity index (χ4v) is 5.18. The molecule has 0 radical (unpaired) electrons. The number of carbonyl (C=O) groups is 3. The predicted molar refractivity (Wildman–Crippen MR) is 145 cm³/mol. The summed E-state index contributed by atoms with van der Waals surface area (Å²) >= 11 is 0. The Morgan fingerprint density at radius 2 is 1.66 bits per heavy atom. The van der Waals surface area contributed by atoms with Gasteiger partial charge in [0, 0.05) is 13.0 Å². The molecule has 38 heavy (non-hydrogen) atoms. The number of aliphatic hydroxyl groups is 1. The van der Waals surface area contributed by atoms with Crippen molar-refractivity contribution in [1.29, 1.82) is 0 Å². The summed E-state index contributed by atoms with van der Waals surface area (Å²) < 4.78 is 5.65. The zero-order valence-electron chi connectivity index (χ0n) is 22.3. The molecular formula is C31H38N2O5. The third kappa shape index (κ3) is 7.10. The smallest absolute Gasteiger partial charge is 0.309 e. The van der Waals surface area contributed by atoms with Crippen molar-refractivity contribution in [2.24, 2.45) is 11.8 Å². The first-order valence-corrected chi connectivity index (χ1v) is 13.4. The van der Waals surface area contributed by atoms with Crippen LogP contribution in [0.15, 0.2) is 66.7 Å². The molecule has 3 atom stereocenters. The van der Waals surface area contributed by atoms with Crippen LogP contribution in [0.4, 0.5) is 0 Å². The highest BCUT2D eigenvalue weighted by Crippen LogP contribution is 2.26. The summed E-state index contributed by atoms with van der Waals surface area (Å²) in [6, 6.07) is 17.5. The van der Waals surface area contributed by atoms with Crippen molar-refractivity contribution < 1.29 is 24.2 Å². The van der Waals surface area contributed by atoms with Crippen molar-refractivity contribution in [2.45, 2.75) is 64.1 Å². The first kappa shape index (κ1) is 27.6. The topological polar surface area (TPSA) is 95.9 Å². The number of nitrogens with one attached hydrogen (secondary N) is 1. The third-order valence-corrected chi connectivity index (χ3v) is 7.38. The summed E-state index contributed by atoms with van der Waals surface area (Å²) in [5, 5.41) is 13.0. The van der Waals surface area contributed by atoms with Crippen molar-refractivity contribution in [3.8, 4) is 0 Å². The Bertz CT molecular complexity index is 1160. The molecule has 0 aromatic heterocycles. The van der Waals surface area contributed by atoms with Crippen LogP contribution >= 0.6 is 0 Å². The zero-order valence-corrected chi connectivity index (χ0v) is 22.3. The second-order valence-electron chi connectivity index (χ2n) is 11.0. The van der Waals surface area contributed by atoms with E-state index in [1.54, 1.807) is 4.90 Å². The Labute approximate surface area is 224 Å². The van der Waals surface area contributed by atoms with Crippen LogP contribution in [0, 0.1) is 11.8 Å². The summed E-state index contributed by atoms with van der Waals surface area (Å²) in [5.74, 6) is -1.59. The van der Waals surface area contributed by atoms with E-state index in [2.05, 4.69) is 5.32 Å². The fraction of sp³-hybridized carbons (Fsp3) is 0.452. The number of carbonyl (C=O) groups excluding carboxylic acids is 3. The summed E-state index contributed by atoms with van der Waals surface area (Å²) in [6.07, 6.45) is 5.89. The molecule has 0 saturated heterocycles. The van der Waals surface area contributed by atoms with E-state index in [1.165, 1.54) is 0 Å². The number of aliphatic hydroxyl groups excluding tert-OH is 1. The molecule has 2 aliphatic heterocycles. The molecule has 0 unspecified atom stereocenters. The minimum atomic E-state index is -0.786. The highest BCUT2D eigenvalue weighted by atomic mass is 16.5. The van der Waals surface area contributed by atoms with E-state index >= 15 is 0 Å². The molecule has 0 spiro atoms. The van der Waals surface area contributed by atoms with Crippen LogP contribution in [0.5, 0.6) is 0 Å². The molecule has 202 valence electrons. The molecule has 7 heteroatoms. The lowest BCUT2D eigenvalue weighted by Crippen LogP contribution is -2.51. The molecule has 7 nitrogen and oxygen atoms in total. The van der Waals surface area contributed by atoms with E-state index in [1.807, 2.05) is 80.6 Å². The van der Waals surface area contributed by atoms with E-state index in [-0.39, 0.29) is 49.4 Å². The monoisotopic (exact) mass is 518 g/mol. The number of allylic oxidation sites excluding steroid dienone is 2. The van der Waals surface area contributed by atoms with E-state index in [4.69, 9.17) is 4.74 Å². The van der Waals surface area contributed by atoms with E-state index in [9.17, 15) is 19.5 Å². The van der Waals surface area contributed by atoms with E-state index in [0.29, 0.717) is 32.2 Å². The van der Waals surface area contributed by atoms with Crippen LogP contribution in [-0.4, -0.2) is 52.6 Å². The molecule has 2 N–H and O–H groups in total. The van der Waals surface area contributed by atoms with E-state index < -0.39 is 11.5 Å². The Kier molecular flexibility index (Phi) is 9.00. The van der Waals surface area contributed by atoms with Gasteiger partial charge in [-0.2, -0.15) is 0 Å². The van der Waals surface area contributed by atoms with Crippen molar-refractivity contribution in [3.63, 3.8) is 0 Å². The molecule has 0 fully saturated rings. The van der Waals surface area contributed by atoms with Gasteiger partial charge in [-0.1, -0.05) is 66.7 Å². The van der Waals surface area contributed by atoms with Gasteiger partial charge in [0.2, 0.25) is 11.8 Å². The van der Waals surface area contributed by atoms with Crippen LogP contribution in [0.3, 0.4) is 0 Å². The molecule has 0 saturated carbocycles. The molecule has 2 aliphatic rings. The maximum Gasteiger partial charge on any atom is 0.309 e. The molecular weight excluding hydrogens is 480 g/mol. The normalized spacial score (nSPS) is 23.9. The van der Waals surface area contributed by atoms with Crippen LogP contribution in [0.1, 0.15) is 49.8 Å². The first-order valence-electron chi connectivity index (χ1n) is 13.4. The minimum absolute atomic E-state index is 0.0398. The number of rotatable bonds is 5. The second-order valence-corrected chi connectivity index (χ2v) is 11.0. The van der Waals surface area contributed by atoms with Crippen molar-refractivity contribution in [2.75, 3.05) is 13.2 Å². The fourth-order valence-electron chi connectivity index (χ4n) is 5.18. The van der Waals surface area contributed by atoms with Crippen molar-refractivity contribution >= 4 is 17.8 Å². The van der Waals surface area contributed by atoms with Gasteiger partial charge in [0.15, 0.2) is 0 Å². The number of ether oxygens (including phenoxy) is 1. The number of esters is 1. The maximum atomic E-state index is 13.5. The second kappa shape index (κ2) is 12.4. The van der Waals surface area contributed by atoms with E-state index in [0.717, 1.165) is 16.7 Å². The Balaban J connectivity index is 1.49. The van der Waals surface area contributed by atoms with Gasteiger partial charge in [0.05, 0.1) is 30.0 Å². The average molecular weight is 519 g/mol. The highest BCUT2D eigenvalue weighted by molar-refractivity contribution is 5.86. The zero-order chi connectivity index (χ0) is 27.1. The Morgan fingerprint density at radius 1 is 1.00 bits per heavy atom. The molecule has 2 aromatic carbocycles. The molecule has 2 amide bonds. The lowest BCUT2D eigenvalue weighted by atomic mass is 9.91. The molecule has 0 bridgehead atoms. The van der Waals surface area contributed by atoms with Gasteiger partial charge < -0.3 is 20.1 Å². The summed E-state index contributed by atoms with van der Waals surface area (Å²) in [7, 11) is 0. The predicted octanol–water partition coefficient (Wildman–Crippen LogP) is 3.59. The van der Waals surface area contributed by atoms with Crippen molar-refractivity contribution in [3.05, 3.63) is 83.4 Å². The third-order valence-electron chi connectivity index (χ3n) is 7.38. The van der Waals surface area contributed by atoms with Gasteiger partial charge in [-0.15, -0.1) is 0 Å². The molecule has 4 rings (SSSR count). The maximum absolute atomic E-state index is 13.5. The number of cyclic esters (lactones) is 1.